The summed E-state index contributed by atoms with van der Waals surface area (Å²) in [5.74, 6) is 0.564. The second-order valence-electron chi connectivity index (χ2n) is 7.09. The molecule has 1 aliphatic carbocycles. The highest BCUT2D eigenvalue weighted by Gasteiger charge is 2.25. The molecular formula is C22H28N2O3S2. The van der Waals surface area contributed by atoms with E-state index in [1.165, 1.54) is 30.4 Å². The van der Waals surface area contributed by atoms with Gasteiger partial charge in [0.05, 0.1) is 19.8 Å². The Morgan fingerprint density at radius 1 is 1.10 bits per heavy atom. The van der Waals surface area contributed by atoms with Crippen LogP contribution in [0.25, 0.3) is 0 Å². The van der Waals surface area contributed by atoms with Crippen LogP contribution >= 0.6 is 23.6 Å². The van der Waals surface area contributed by atoms with Crippen molar-refractivity contribution in [2.75, 3.05) is 26.1 Å². The second-order valence-corrected chi connectivity index (χ2v) is 8.61. The minimum atomic E-state index is -0.286. The van der Waals surface area contributed by atoms with Crippen molar-refractivity contribution in [2.45, 2.75) is 44.9 Å². The number of thiophene rings is 1. The van der Waals surface area contributed by atoms with E-state index in [0.29, 0.717) is 17.2 Å². The number of aryl methyl sites for hydroxylation is 1. The van der Waals surface area contributed by atoms with Gasteiger partial charge in [-0.2, -0.15) is 0 Å². The van der Waals surface area contributed by atoms with Crippen LogP contribution in [0.15, 0.2) is 24.3 Å². The molecule has 7 heteroatoms. The van der Waals surface area contributed by atoms with Crippen LogP contribution in [0, 0.1) is 0 Å². The zero-order valence-corrected chi connectivity index (χ0v) is 18.6. The Morgan fingerprint density at radius 3 is 2.52 bits per heavy atom. The number of methoxy groups -OCH3 is 2. The summed E-state index contributed by atoms with van der Waals surface area (Å²) in [5.41, 5.74) is 3.01. The van der Waals surface area contributed by atoms with Crippen LogP contribution in [0.2, 0.25) is 0 Å². The van der Waals surface area contributed by atoms with Crippen molar-refractivity contribution in [3.8, 4) is 5.75 Å². The Morgan fingerprint density at radius 2 is 1.83 bits per heavy atom. The van der Waals surface area contributed by atoms with Gasteiger partial charge in [0.15, 0.2) is 5.11 Å². The molecule has 0 fully saturated rings. The van der Waals surface area contributed by atoms with Crippen molar-refractivity contribution in [1.29, 1.82) is 0 Å². The van der Waals surface area contributed by atoms with Crippen LogP contribution in [0.3, 0.4) is 0 Å². The molecule has 2 N–H and O–H groups in total. The van der Waals surface area contributed by atoms with Gasteiger partial charge in [-0.15, -0.1) is 11.3 Å². The minimum absolute atomic E-state index is 0.286. The Labute approximate surface area is 181 Å². The number of nitrogens with one attached hydrogen (secondary N) is 2. The normalized spacial score (nSPS) is 13.6. The quantitative estimate of drug-likeness (QED) is 0.508. The van der Waals surface area contributed by atoms with Crippen LogP contribution in [0.1, 0.15) is 52.0 Å². The molecule has 3 rings (SSSR count). The van der Waals surface area contributed by atoms with Gasteiger partial charge in [-0.1, -0.05) is 25.0 Å². The first-order chi connectivity index (χ1) is 14.1. The predicted molar refractivity (Wildman–Crippen MR) is 122 cm³/mol. The molecule has 1 aromatic heterocycles. The number of esters is 1. The minimum Gasteiger partial charge on any atom is -0.497 e. The van der Waals surface area contributed by atoms with E-state index in [2.05, 4.69) is 10.6 Å². The van der Waals surface area contributed by atoms with E-state index < -0.39 is 0 Å². The van der Waals surface area contributed by atoms with Crippen LogP contribution in [0.4, 0.5) is 5.00 Å². The van der Waals surface area contributed by atoms with Gasteiger partial charge in [0.25, 0.3) is 0 Å². The van der Waals surface area contributed by atoms with Crippen LogP contribution in [0.5, 0.6) is 5.75 Å². The highest BCUT2D eigenvalue weighted by molar-refractivity contribution is 7.80. The van der Waals surface area contributed by atoms with Crippen LogP contribution < -0.4 is 15.4 Å². The number of carbonyl (C=O) groups excluding carboxylic acids is 1. The van der Waals surface area contributed by atoms with E-state index in [9.17, 15) is 4.79 Å². The maximum atomic E-state index is 12.5. The summed E-state index contributed by atoms with van der Waals surface area (Å²) < 4.78 is 10.3. The average molecular weight is 433 g/mol. The Bertz CT molecular complexity index is 846. The molecular weight excluding hydrogens is 404 g/mol. The zero-order valence-electron chi connectivity index (χ0n) is 17.0. The molecule has 2 aromatic rings. The lowest BCUT2D eigenvalue weighted by molar-refractivity contribution is 0.0601. The van der Waals surface area contributed by atoms with Crippen molar-refractivity contribution in [1.82, 2.24) is 5.32 Å². The summed E-state index contributed by atoms with van der Waals surface area (Å²) in [6, 6.07) is 8.00. The number of hydrogen-bond donors (Lipinski definition) is 2. The first-order valence-electron chi connectivity index (χ1n) is 10.0. The molecule has 1 heterocycles. The molecule has 1 aromatic carbocycles. The largest absolute Gasteiger partial charge is 0.497 e. The molecule has 1 aliphatic rings. The summed E-state index contributed by atoms with van der Waals surface area (Å²) in [4.78, 5) is 13.8. The summed E-state index contributed by atoms with van der Waals surface area (Å²) in [6.45, 7) is 0.705. The van der Waals surface area contributed by atoms with E-state index in [4.69, 9.17) is 21.7 Å². The third kappa shape index (κ3) is 5.70. The number of rotatable bonds is 6. The SMILES string of the molecule is COC(=O)c1c(NC(=S)NCCc2ccc(OC)cc2)sc2c1CCCCCC2. The number of anilines is 1. The van der Waals surface area contributed by atoms with Gasteiger partial charge in [-0.3, -0.25) is 0 Å². The van der Waals surface area contributed by atoms with Gasteiger partial charge in [0, 0.05) is 11.4 Å². The monoisotopic (exact) mass is 432 g/mol. The lowest BCUT2D eigenvalue weighted by atomic mass is 9.96. The molecule has 0 unspecified atom stereocenters. The molecule has 5 nitrogen and oxygen atoms in total. The Hall–Kier alpha value is -2.12. The lowest BCUT2D eigenvalue weighted by Gasteiger charge is -2.12. The summed E-state index contributed by atoms with van der Waals surface area (Å²) in [5, 5.41) is 7.81. The molecule has 0 saturated carbocycles. The van der Waals surface area contributed by atoms with Crippen molar-refractivity contribution in [2.24, 2.45) is 0 Å². The smallest absolute Gasteiger partial charge is 0.341 e. The average Bonchev–Trinajstić information content (AvgIpc) is 3.03. The number of benzene rings is 1. The molecule has 0 atom stereocenters. The zero-order chi connectivity index (χ0) is 20.6. The summed E-state index contributed by atoms with van der Waals surface area (Å²) in [7, 11) is 3.10. The highest BCUT2D eigenvalue weighted by atomic mass is 32.1. The van der Waals surface area contributed by atoms with E-state index in [-0.39, 0.29) is 5.97 Å². The molecule has 0 saturated heterocycles. The van der Waals surface area contributed by atoms with Crippen molar-refractivity contribution in [3.05, 3.63) is 45.8 Å². The van der Waals surface area contributed by atoms with E-state index in [1.807, 2.05) is 24.3 Å². The maximum absolute atomic E-state index is 12.5. The van der Waals surface area contributed by atoms with E-state index in [1.54, 1.807) is 18.4 Å². The molecule has 0 amide bonds. The number of hydrogen-bond acceptors (Lipinski definition) is 5. The fourth-order valence-electron chi connectivity index (χ4n) is 3.59. The van der Waals surface area contributed by atoms with Gasteiger partial charge in [-0.25, -0.2) is 4.79 Å². The number of fused-ring (bicyclic) bond motifs is 1. The molecule has 0 aliphatic heterocycles. The standard InChI is InChI=1S/C22H28N2O3S2/c1-26-16-11-9-15(10-12-16)13-14-23-22(28)24-20-19(21(25)27-2)17-7-5-3-4-6-8-18(17)29-20/h9-12H,3-8,13-14H2,1-2H3,(H2,23,24,28). The van der Waals surface area contributed by atoms with Gasteiger partial charge in [0.1, 0.15) is 10.8 Å². The maximum Gasteiger partial charge on any atom is 0.341 e. The van der Waals surface area contributed by atoms with Gasteiger partial charge >= 0.3 is 5.97 Å². The van der Waals surface area contributed by atoms with Gasteiger partial charge in [0.2, 0.25) is 0 Å². The molecule has 156 valence electrons. The van der Waals surface area contributed by atoms with Crippen molar-refractivity contribution < 1.29 is 14.3 Å². The van der Waals surface area contributed by atoms with Crippen LogP contribution in [-0.2, 0) is 24.0 Å². The van der Waals surface area contributed by atoms with E-state index >= 15 is 0 Å². The first-order valence-corrected chi connectivity index (χ1v) is 11.3. The first kappa shape index (κ1) is 21.6. The molecule has 29 heavy (non-hydrogen) atoms. The third-order valence-electron chi connectivity index (χ3n) is 5.15. The summed E-state index contributed by atoms with van der Waals surface area (Å²) >= 11 is 7.12. The van der Waals surface area contributed by atoms with E-state index in [0.717, 1.165) is 48.4 Å². The number of ether oxygens (including phenoxy) is 2. The highest BCUT2D eigenvalue weighted by Crippen LogP contribution is 2.37. The van der Waals surface area contributed by atoms with Crippen LogP contribution in [-0.4, -0.2) is 31.8 Å². The lowest BCUT2D eigenvalue weighted by Crippen LogP contribution is -2.30. The third-order valence-corrected chi connectivity index (χ3v) is 6.60. The molecule has 0 spiro atoms. The fourth-order valence-corrected chi connectivity index (χ4v) is 5.14. The van der Waals surface area contributed by atoms with Gasteiger partial charge in [-0.05, 0) is 67.6 Å². The summed E-state index contributed by atoms with van der Waals surface area (Å²) in [6.07, 6.45) is 7.52. The van der Waals surface area contributed by atoms with Crippen molar-refractivity contribution in [3.63, 3.8) is 0 Å². The Balaban J connectivity index is 1.64. The van der Waals surface area contributed by atoms with Crippen molar-refractivity contribution >= 4 is 39.6 Å². The molecule has 0 bridgehead atoms. The number of carbonyl (C=O) groups is 1. The number of thiocarbonyl (C=S) groups is 1. The Kier molecular flexibility index (Phi) is 7.89. The van der Waals surface area contributed by atoms with Gasteiger partial charge < -0.3 is 20.1 Å². The second kappa shape index (κ2) is 10.6. The fraction of sp³-hybridized carbons (Fsp3) is 0.455. The topological polar surface area (TPSA) is 59.6 Å². The predicted octanol–water partition coefficient (Wildman–Crippen LogP) is 4.73. The molecule has 0 radical (unpaired) electrons.